The van der Waals surface area contributed by atoms with Crippen molar-refractivity contribution in [3.05, 3.63) is 0 Å². The van der Waals surface area contributed by atoms with Crippen LogP contribution in [0.5, 0.6) is 0 Å². The van der Waals surface area contributed by atoms with Crippen molar-refractivity contribution in [2.45, 2.75) is 13.0 Å². The van der Waals surface area contributed by atoms with Crippen molar-refractivity contribution >= 4 is 0 Å². The van der Waals surface area contributed by atoms with E-state index in [4.69, 9.17) is 14.2 Å². The van der Waals surface area contributed by atoms with Crippen LogP contribution in [0, 0.1) is 0 Å². The summed E-state index contributed by atoms with van der Waals surface area (Å²) >= 11 is 0. The Labute approximate surface area is 62.3 Å². The molecule has 0 aliphatic rings. The lowest BCUT2D eigenvalue weighted by Crippen LogP contribution is -2.23. The van der Waals surface area contributed by atoms with Crippen molar-refractivity contribution in [1.82, 2.24) is 0 Å². The van der Waals surface area contributed by atoms with E-state index in [0.717, 1.165) is 6.61 Å². The fourth-order valence-corrected chi connectivity index (χ4v) is 0.619. The molecule has 0 saturated heterocycles. The van der Waals surface area contributed by atoms with Gasteiger partial charge in [-0.25, -0.2) is 0 Å². The van der Waals surface area contributed by atoms with Gasteiger partial charge in [-0.3, -0.25) is 0 Å². The van der Waals surface area contributed by atoms with Gasteiger partial charge < -0.3 is 14.2 Å². The minimum Gasteiger partial charge on any atom is -0.382 e. The first kappa shape index (κ1) is 9.88. The first-order chi connectivity index (χ1) is 4.85. The predicted molar refractivity (Wildman–Crippen MR) is 39.2 cm³/mol. The average molecular weight is 148 g/mol. The molecule has 0 fully saturated rings. The van der Waals surface area contributed by atoms with E-state index in [1.54, 1.807) is 14.2 Å². The Balaban J connectivity index is 3.21. The minimum atomic E-state index is 0.0740. The molecule has 0 heterocycles. The molecule has 0 radical (unpaired) electrons. The van der Waals surface area contributed by atoms with Gasteiger partial charge in [-0.05, 0) is 6.92 Å². The van der Waals surface area contributed by atoms with Crippen molar-refractivity contribution in [1.29, 1.82) is 0 Å². The van der Waals surface area contributed by atoms with Gasteiger partial charge >= 0.3 is 0 Å². The molecule has 3 heteroatoms. The third-order valence-electron chi connectivity index (χ3n) is 1.19. The zero-order valence-electron chi connectivity index (χ0n) is 6.92. The Morgan fingerprint density at radius 2 is 1.90 bits per heavy atom. The molecule has 1 atom stereocenters. The van der Waals surface area contributed by atoms with Crippen LogP contribution in [0.4, 0.5) is 0 Å². The van der Waals surface area contributed by atoms with E-state index in [1.807, 2.05) is 6.92 Å². The average Bonchev–Trinajstić information content (AvgIpc) is 1.98. The number of methoxy groups -OCH3 is 2. The van der Waals surface area contributed by atoms with Crippen LogP contribution in [0.15, 0.2) is 0 Å². The molecule has 0 aliphatic carbocycles. The SMILES string of the molecule is CCOC[C@H](COC)OC. The van der Waals surface area contributed by atoms with Crippen LogP contribution in [-0.2, 0) is 14.2 Å². The standard InChI is InChI=1S/C7H16O3/c1-4-10-6-7(9-3)5-8-2/h7H,4-6H2,1-3H3/t7-/m0/s1. The van der Waals surface area contributed by atoms with Gasteiger partial charge in [0.2, 0.25) is 0 Å². The molecule has 10 heavy (non-hydrogen) atoms. The molecule has 0 spiro atoms. The zero-order chi connectivity index (χ0) is 7.82. The van der Waals surface area contributed by atoms with E-state index in [2.05, 4.69) is 0 Å². The van der Waals surface area contributed by atoms with Crippen molar-refractivity contribution < 1.29 is 14.2 Å². The maximum atomic E-state index is 5.13. The van der Waals surface area contributed by atoms with Crippen molar-refractivity contribution in [2.24, 2.45) is 0 Å². The summed E-state index contributed by atoms with van der Waals surface area (Å²) in [5.41, 5.74) is 0. The van der Waals surface area contributed by atoms with Gasteiger partial charge in [0.1, 0.15) is 6.10 Å². The molecule has 0 amide bonds. The van der Waals surface area contributed by atoms with Gasteiger partial charge in [0, 0.05) is 20.8 Å². The summed E-state index contributed by atoms with van der Waals surface area (Å²) in [7, 11) is 3.31. The van der Waals surface area contributed by atoms with Crippen molar-refractivity contribution in [2.75, 3.05) is 34.0 Å². The molecule has 62 valence electrons. The highest BCUT2D eigenvalue weighted by Crippen LogP contribution is 1.91. The summed E-state index contributed by atoms with van der Waals surface area (Å²) in [6.07, 6.45) is 0.0740. The van der Waals surface area contributed by atoms with E-state index in [0.29, 0.717) is 13.2 Å². The first-order valence-corrected chi connectivity index (χ1v) is 3.44. The molecule has 0 N–H and O–H groups in total. The highest BCUT2D eigenvalue weighted by atomic mass is 16.5. The molecular formula is C7H16O3. The van der Waals surface area contributed by atoms with Crippen LogP contribution in [0.3, 0.4) is 0 Å². The highest BCUT2D eigenvalue weighted by molar-refractivity contribution is 4.52. The lowest BCUT2D eigenvalue weighted by molar-refractivity contribution is -0.0276. The molecule has 0 unspecified atom stereocenters. The highest BCUT2D eigenvalue weighted by Gasteiger charge is 2.04. The Bertz CT molecular complexity index is 65.9. The predicted octanol–water partition coefficient (Wildman–Crippen LogP) is 0.684. The summed E-state index contributed by atoms with van der Waals surface area (Å²) in [6.45, 7) is 3.89. The van der Waals surface area contributed by atoms with E-state index in [9.17, 15) is 0 Å². The van der Waals surface area contributed by atoms with E-state index >= 15 is 0 Å². The molecular weight excluding hydrogens is 132 g/mol. The molecule has 3 nitrogen and oxygen atoms in total. The van der Waals surface area contributed by atoms with Crippen LogP contribution in [0.1, 0.15) is 6.92 Å². The van der Waals surface area contributed by atoms with Gasteiger partial charge in [-0.15, -0.1) is 0 Å². The maximum absolute atomic E-state index is 5.13. The number of rotatable bonds is 6. The molecule has 0 bridgehead atoms. The van der Waals surface area contributed by atoms with Gasteiger partial charge in [0.05, 0.1) is 13.2 Å². The minimum absolute atomic E-state index is 0.0740. The zero-order valence-corrected chi connectivity index (χ0v) is 6.92. The third-order valence-corrected chi connectivity index (χ3v) is 1.19. The summed E-state index contributed by atoms with van der Waals surface area (Å²) in [5, 5.41) is 0. The fourth-order valence-electron chi connectivity index (χ4n) is 0.619. The largest absolute Gasteiger partial charge is 0.382 e. The maximum Gasteiger partial charge on any atom is 0.104 e. The van der Waals surface area contributed by atoms with Crippen LogP contribution in [-0.4, -0.2) is 40.1 Å². The van der Waals surface area contributed by atoms with Gasteiger partial charge in [0.15, 0.2) is 0 Å². The molecule has 0 aromatic heterocycles. The molecule has 0 aliphatic heterocycles. The topological polar surface area (TPSA) is 27.7 Å². The van der Waals surface area contributed by atoms with Crippen LogP contribution >= 0.6 is 0 Å². The van der Waals surface area contributed by atoms with Gasteiger partial charge in [0.25, 0.3) is 0 Å². The monoisotopic (exact) mass is 148 g/mol. The van der Waals surface area contributed by atoms with Crippen molar-refractivity contribution in [3.63, 3.8) is 0 Å². The number of hydrogen-bond acceptors (Lipinski definition) is 3. The van der Waals surface area contributed by atoms with Gasteiger partial charge in [-0.2, -0.15) is 0 Å². The molecule has 0 rings (SSSR count). The molecule has 0 aromatic rings. The third kappa shape index (κ3) is 4.73. The Morgan fingerprint density at radius 3 is 2.30 bits per heavy atom. The fraction of sp³-hybridized carbons (Fsp3) is 1.00. The Kier molecular flexibility index (Phi) is 6.91. The molecule has 0 aromatic carbocycles. The van der Waals surface area contributed by atoms with E-state index in [1.165, 1.54) is 0 Å². The first-order valence-electron chi connectivity index (χ1n) is 3.44. The Hall–Kier alpha value is -0.120. The normalized spacial score (nSPS) is 13.5. The lowest BCUT2D eigenvalue weighted by Gasteiger charge is -2.13. The van der Waals surface area contributed by atoms with Crippen LogP contribution < -0.4 is 0 Å². The summed E-state index contributed by atoms with van der Waals surface area (Å²) in [5.74, 6) is 0. The number of hydrogen-bond donors (Lipinski definition) is 0. The van der Waals surface area contributed by atoms with Crippen LogP contribution in [0.2, 0.25) is 0 Å². The van der Waals surface area contributed by atoms with Crippen LogP contribution in [0.25, 0.3) is 0 Å². The van der Waals surface area contributed by atoms with E-state index < -0.39 is 0 Å². The smallest absolute Gasteiger partial charge is 0.104 e. The molecule has 0 saturated carbocycles. The summed E-state index contributed by atoms with van der Waals surface area (Å²) in [4.78, 5) is 0. The van der Waals surface area contributed by atoms with Gasteiger partial charge in [-0.1, -0.05) is 0 Å². The summed E-state index contributed by atoms with van der Waals surface area (Å²) in [6, 6.07) is 0. The second-order valence-corrected chi connectivity index (χ2v) is 1.97. The Morgan fingerprint density at radius 1 is 1.20 bits per heavy atom. The lowest BCUT2D eigenvalue weighted by atomic mass is 10.4. The number of ether oxygens (including phenoxy) is 3. The second kappa shape index (κ2) is 6.99. The van der Waals surface area contributed by atoms with E-state index in [-0.39, 0.29) is 6.10 Å². The summed E-state index contributed by atoms with van der Waals surface area (Å²) < 4.78 is 15.1. The second-order valence-electron chi connectivity index (χ2n) is 1.97. The van der Waals surface area contributed by atoms with Crippen molar-refractivity contribution in [3.8, 4) is 0 Å². The quantitative estimate of drug-likeness (QED) is 0.554.